The third-order valence-corrected chi connectivity index (χ3v) is 4.53. The summed E-state index contributed by atoms with van der Waals surface area (Å²) in [6, 6.07) is 18.6. The smallest absolute Gasteiger partial charge is 0.247 e. The van der Waals surface area contributed by atoms with Gasteiger partial charge in [-0.3, -0.25) is 9.59 Å². The summed E-state index contributed by atoms with van der Waals surface area (Å²) in [5.74, 6) is -0.424. The summed E-state index contributed by atoms with van der Waals surface area (Å²) in [6.07, 6.45) is 0.0457. The highest BCUT2D eigenvalue weighted by Crippen LogP contribution is 2.33. The first-order valence-corrected chi connectivity index (χ1v) is 8.56. The molecule has 1 aliphatic rings. The van der Waals surface area contributed by atoms with Gasteiger partial charge in [0.15, 0.2) is 0 Å². The molecule has 2 amide bonds. The van der Waals surface area contributed by atoms with Crippen LogP contribution in [0.4, 0.5) is 17.1 Å². The highest BCUT2D eigenvalue weighted by atomic mass is 16.2. The van der Waals surface area contributed by atoms with E-state index >= 15 is 0 Å². The maximum atomic E-state index is 12.6. The van der Waals surface area contributed by atoms with Gasteiger partial charge in [0.2, 0.25) is 11.8 Å². The Hall–Kier alpha value is -3.34. The molecule has 0 aliphatic carbocycles. The van der Waals surface area contributed by atoms with Crippen molar-refractivity contribution in [1.29, 1.82) is 0 Å². The van der Waals surface area contributed by atoms with E-state index in [1.807, 2.05) is 67.6 Å². The van der Waals surface area contributed by atoms with Crippen molar-refractivity contribution >= 4 is 39.6 Å². The van der Waals surface area contributed by atoms with Crippen molar-refractivity contribution in [2.24, 2.45) is 0 Å². The maximum Gasteiger partial charge on any atom is 0.247 e. The fourth-order valence-electron chi connectivity index (χ4n) is 3.22. The quantitative estimate of drug-likeness (QED) is 0.674. The van der Waals surface area contributed by atoms with Crippen LogP contribution in [0.1, 0.15) is 12.0 Å². The third kappa shape index (κ3) is 3.11. The largest absolute Gasteiger partial charge is 0.373 e. The van der Waals surface area contributed by atoms with E-state index in [-0.39, 0.29) is 18.2 Å². The van der Waals surface area contributed by atoms with Crippen molar-refractivity contribution in [3.63, 3.8) is 0 Å². The lowest BCUT2D eigenvalue weighted by atomic mass is 10.1. The zero-order valence-electron chi connectivity index (χ0n) is 14.4. The highest BCUT2D eigenvalue weighted by molar-refractivity contribution is 6.13. The molecule has 0 radical (unpaired) electrons. The van der Waals surface area contributed by atoms with Crippen LogP contribution in [0.3, 0.4) is 0 Å². The second-order valence-electron chi connectivity index (χ2n) is 6.51. The van der Waals surface area contributed by atoms with Gasteiger partial charge < -0.3 is 16.0 Å². The van der Waals surface area contributed by atoms with Crippen molar-refractivity contribution in [2.45, 2.75) is 19.4 Å². The number of nitrogens with one attached hydrogen (secondary N) is 3. The fourth-order valence-corrected chi connectivity index (χ4v) is 3.22. The van der Waals surface area contributed by atoms with Gasteiger partial charge in [0, 0.05) is 16.8 Å². The normalized spacial score (nSPS) is 15.7. The number of carbonyl (C=O) groups excluding carboxylic acids is 2. The molecule has 1 heterocycles. The van der Waals surface area contributed by atoms with Crippen LogP contribution >= 0.6 is 0 Å². The van der Waals surface area contributed by atoms with Crippen LogP contribution in [0.25, 0.3) is 10.8 Å². The summed E-state index contributed by atoms with van der Waals surface area (Å²) in [7, 11) is 0. The minimum atomic E-state index is -0.640. The van der Waals surface area contributed by atoms with E-state index < -0.39 is 6.04 Å². The maximum absolute atomic E-state index is 12.6. The molecule has 3 N–H and O–H groups in total. The number of aryl methyl sites for hydroxylation is 1. The predicted octanol–water partition coefficient (Wildman–Crippen LogP) is 3.91. The number of anilines is 3. The van der Waals surface area contributed by atoms with E-state index in [0.717, 1.165) is 33.4 Å². The van der Waals surface area contributed by atoms with E-state index in [1.54, 1.807) is 0 Å². The van der Waals surface area contributed by atoms with Crippen LogP contribution in [0.15, 0.2) is 60.7 Å². The zero-order chi connectivity index (χ0) is 18.1. The SMILES string of the molecule is Cc1ccc(NC(=O)C[C@@H]2Nc3cccc4cccc(c34)NC2=O)cc1. The first-order valence-electron chi connectivity index (χ1n) is 8.56. The van der Waals surface area contributed by atoms with Crippen LogP contribution in [-0.2, 0) is 9.59 Å². The molecule has 0 spiro atoms. The molecule has 5 heteroatoms. The molecule has 26 heavy (non-hydrogen) atoms. The minimum Gasteiger partial charge on any atom is -0.373 e. The average molecular weight is 345 g/mol. The number of amides is 2. The topological polar surface area (TPSA) is 70.2 Å². The first-order chi connectivity index (χ1) is 12.6. The van der Waals surface area contributed by atoms with E-state index in [1.165, 1.54) is 0 Å². The number of benzene rings is 3. The Morgan fingerprint density at radius 3 is 2.42 bits per heavy atom. The summed E-state index contributed by atoms with van der Waals surface area (Å²) in [4.78, 5) is 25.0. The molecule has 0 bridgehead atoms. The summed E-state index contributed by atoms with van der Waals surface area (Å²) in [5, 5.41) is 11.0. The highest BCUT2D eigenvalue weighted by Gasteiger charge is 2.26. The van der Waals surface area contributed by atoms with Crippen LogP contribution in [0, 0.1) is 6.92 Å². The average Bonchev–Trinajstić information content (AvgIpc) is 2.76. The summed E-state index contributed by atoms with van der Waals surface area (Å²) >= 11 is 0. The lowest BCUT2D eigenvalue weighted by Crippen LogP contribution is -2.36. The van der Waals surface area contributed by atoms with Gasteiger partial charge in [0.25, 0.3) is 0 Å². The molecular weight excluding hydrogens is 326 g/mol. The van der Waals surface area contributed by atoms with Gasteiger partial charge in [-0.15, -0.1) is 0 Å². The molecule has 0 saturated heterocycles. The number of hydrogen-bond donors (Lipinski definition) is 3. The third-order valence-electron chi connectivity index (χ3n) is 4.53. The van der Waals surface area contributed by atoms with E-state index in [0.29, 0.717) is 0 Å². The molecular formula is C21H19N3O2. The second-order valence-corrected chi connectivity index (χ2v) is 6.51. The molecule has 0 unspecified atom stereocenters. The van der Waals surface area contributed by atoms with Gasteiger partial charge >= 0.3 is 0 Å². The fraction of sp³-hybridized carbons (Fsp3) is 0.143. The lowest BCUT2D eigenvalue weighted by Gasteiger charge is -2.16. The Morgan fingerprint density at radius 2 is 1.69 bits per heavy atom. The lowest BCUT2D eigenvalue weighted by molar-refractivity contribution is -0.121. The minimum absolute atomic E-state index is 0.0457. The Bertz CT molecular complexity index is 991. The van der Waals surface area contributed by atoms with Crippen LogP contribution in [0.5, 0.6) is 0 Å². The van der Waals surface area contributed by atoms with Crippen molar-refractivity contribution in [1.82, 2.24) is 0 Å². The van der Waals surface area contributed by atoms with Crippen molar-refractivity contribution in [2.75, 3.05) is 16.0 Å². The van der Waals surface area contributed by atoms with Gasteiger partial charge in [-0.05, 0) is 36.6 Å². The predicted molar refractivity (Wildman–Crippen MR) is 104 cm³/mol. The zero-order valence-corrected chi connectivity index (χ0v) is 14.4. The van der Waals surface area contributed by atoms with Gasteiger partial charge in [-0.2, -0.15) is 0 Å². The van der Waals surface area contributed by atoms with Gasteiger partial charge in [-0.25, -0.2) is 0 Å². The van der Waals surface area contributed by atoms with Crippen LogP contribution < -0.4 is 16.0 Å². The molecule has 0 saturated carbocycles. The molecule has 1 aliphatic heterocycles. The van der Waals surface area contributed by atoms with E-state index in [2.05, 4.69) is 16.0 Å². The van der Waals surface area contributed by atoms with E-state index in [9.17, 15) is 9.59 Å². The monoisotopic (exact) mass is 345 g/mol. The molecule has 130 valence electrons. The van der Waals surface area contributed by atoms with Crippen molar-refractivity contribution in [3.05, 3.63) is 66.2 Å². The summed E-state index contributed by atoms with van der Waals surface area (Å²) < 4.78 is 0. The molecule has 0 aromatic heterocycles. The Morgan fingerprint density at radius 1 is 1.00 bits per heavy atom. The van der Waals surface area contributed by atoms with Gasteiger partial charge in [0.1, 0.15) is 6.04 Å². The van der Waals surface area contributed by atoms with Crippen molar-refractivity contribution in [3.8, 4) is 0 Å². The molecule has 5 nitrogen and oxygen atoms in total. The molecule has 3 aromatic carbocycles. The second kappa shape index (κ2) is 6.52. The Balaban J connectivity index is 1.55. The molecule has 4 rings (SSSR count). The summed E-state index contributed by atoms with van der Waals surface area (Å²) in [6.45, 7) is 1.99. The van der Waals surface area contributed by atoms with Crippen molar-refractivity contribution < 1.29 is 9.59 Å². The van der Waals surface area contributed by atoms with Gasteiger partial charge in [0.05, 0.1) is 12.1 Å². The molecule has 3 aromatic rings. The molecule has 0 fully saturated rings. The summed E-state index contributed by atoms with van der Waals surface area (Å²) in [5.41, 5.74) is 3.46. The van der Waals surface area contributed by atoms with Gasteiger partial charge in [-0.1, -0.05) is 42.0 Å². The molecule has 1 atom stereocenters. The Labute approximate surface area is 151 Å². The Kier molecular flexibility index (Phi) is 4.05. The van der Waals surface area contributed by atoms with Crippen LogP contribution in [0.2, 0.25) is 0 Å². The number of carbonyl (C=O) groups is 2. The van der Waals surface area contributed by atoms with Crippen LogP contribution in [-0.4, -0.2) is 17.9 Å². The van der Waals surface area contributed by atoms with E-state index in [4.69, 9.17) is 0 Å². The first kappa shape index (κ1) is 16.1. The number of hydrogen-bond acceptors (Lipinski definition) is 3. The number of rotatable bonds is 3. The standard InChI is InChI=1S/C21H19N3O2/c1-13-8-10-15(11-9-13)22-19(25)12-18-21(26)24-17-7-3-5-14-4-2-6-16(23-18)20(14)17/h2-11,18,23H,12H2,1H3,(H,22,25)(H,24,26)/t18-/m0/s1.